The minimum Gasteiger partial charge on any atom is -0.465 e. The third-order valence-corrected chi connectivity index (χ3v) is 4.40. The van der Waals surface area contributed by atoms with Crippen molar-refractivity contribution >= 4 is 11.9 Å². The van der Waals surface area contributed by atoms with E-state index >= 15 is 0 Å². The lowest BCUT2D eigenvalue weighted by atomic mass is 10.0. The SMILES string of the molecule is COC(=O)c1cccc(COC2CN(C(=O)[C@H](N)CC(C)C)CC2O)c1. The second-order valence-electron chi connectivity index (χ2n) is 7.09. The quantitative estimate of drug-likeness (QED) is 0.698. The predicted octanol–water partition coefficient (Wildman–Crippen LogP) is 0.935. The van der Waals surface area contributed by atoms with Crippen LogP contribution in [0.3, 0.4) is 0 Å². The van der Waals surface area contributed by atoms with Crippen molar-refractivity contribution in [1.29, 1.82) is 0 Å². The first-order valence-corrected chi connectivity index (χ1v) is 8.83. The standard InChI is InChI=1S/C19H28N2O5/c1-12(2)7-15(20)18(23)21-9-16(22)17(10-21)26-11-13-5-4-6-14(8-13)19(24)25-3/h4-6,8,12,15-17,22H,7,9-11,20H2,1-3H3/t15-,16?,17?/m1/s1. The van der Waals surface area contributed by atoms with E-state index in [-0.39, 0.29) is 19.1 Å². The fourth-order valence-electron chi connectivity index (χ4n) is 3.05. The van der Waals surface area contributed by atoms with Gasteiger partial charge in [-0.15, -0.1) is 0 Å². The molecule has 3 atom stereocenters. The number of nitrogens with zero attached hydrogens (tertiary/aromatic N) is 1. The highest BCUT2D eigenvalue weighted by atomic mass is 16.5. The molecular formula is C19H28N2O5. The summed E-state index contributed by atoms with van der Waals surface area (Å²) in [4.78, 5) is 25.5. The van der Waals surface area contributed by atoms with Gasteiger partial charge in [-0.3, -0.25) is 4.79 Å². The van der Waals surface area contributed by atoms with E-state index in [9.17, 15) is 14.7 Å². The van der Waals surface area contributed by atoms with E-state index < -0.39 is 24.2 Å². The number of aliphatic hydroxyl groups excluding tert-OH is 1. The summed E-state index contributed by atoms with van der Waals surface area (Å²) in [5.41, 5.74) is 7.19. The minimum atomic E-state index is -0.756. The Morgan fingerprint density at radius 1 is 1.35 bits per heavy atom. The number of carbonyl (C=O) groups excluding carboxylic acids is 2. The van der Waals surface area contributed by atoms with Crippen molar-refractivity contribution in [3.05, 3.63) is 35.4 Å². The molecule has 0 radical (unpaired) electrons. The summed E-state index contributed by atoms with van der Waals surface area (Å²) in [7, 11) is 1.33. The molecular weight excluding hydrogens is 336 g/mol. The number of β-amino-alcohol motifs (C(OH)–C–C–N with tert-alkyl or cyclic N) is 1. The fourth-order valence-corrected chi connectivity index (χ4v) is 3.05. The summed E-state index contributed by atoms with van der Waals surface area (Å²) in [5.74, 6) is -0.240. The maximum Gasteiger partial charge on any atom is 0.337 e. The molecule has 1 amide bonds. The number of hydrogen-bond acceptors (Lipinski definition) is 6. The second kappa shape index (κ2) is 9.12. The maximum absolute atomic E-state index is 12.4. The van der Waals surface area contributed by atoms with Gasteiger partial charge in [-0.25, -0.2) is 4.79 Å². The first kappa shape index (κ1) is 20.4. The highest BCUT2D eigenvalue weighted by molar-refractivity contribution is 5.89. The van der Waals surface area contributed by atoms with Crippen LogP contribution in [0.15, 0.2) is 24.3 Å². The number of methoxy groups -OCH3 is 1. The highest BCUT2D eigenvalue weighted by Crippen LogP contribution is 2.18. The van der Waals surface area contributed by atoms with Crippen molar-refractivity contribution in [3.8, 4) is 0 Å². The molecule has 0 saturated carbocycles. The molecule has 2 rings (SSSR count). The van der Waals surface area contributed by atoms with Gasteiger partial charge in [0.1, 0.15) is 6.10 Å². The van der Waals surface area contributed by atoms with Crippen molar-refractivity contribution < 1.29 is 24.2 Å². The van der Waals surface area contributed by atoms with E-state index in [1.807, 2.05) is 19.9 Å². The average Bonchev–Trinajstić information content (AvgIpc) is 2.99. The van der Waals surface area contributed by atoms with E-state index in [1.165, 1.54) is 7.11 Å². The van der Waals surface area contributed by atoms with Crippen LogP contribution in [0.1, 0.15) is 36.2 Å². The van der Waals surface area contributed by atoms with E-state index in [1.54, 1.807) is 23.1 Å². The van der Waals surface area contributed by atoms with Crippen LogP contribution in [0, 0.1) is 5.92 Å². The largest absolute Gasteiger partial charge is 0.465 e. The first-order valence-electron chi connectivity index (χ1n) is 8.83. The van der Waals surface area contributed by atoms with Gasteiger partial charge in [0.05, 0.1) is 31.4 Å². The van der Waals surface area contributed by atoms with Crippen LogP contribution in [-0.4, -0.2) is 60.3 Å². The second-order valence-corrected chi connectivity index (χ2v) is 7.09. The number of aliphatic hydroxyl groups is 1. The summed E-state index contributed by atoms with van der Waals surface area (Å²) in [6.45, 7) is 4.78. The van der Waals surface area contributed by atoms with Crippen molar-refractivity contribution in [2.75, 3.05) is 20.2 Å². The van der Waals surface area contributed by atoms with Crippen LogP contribution in [0.25, 0.3) is 0 Å². The van der Waals surface area contributed by atoms with Gasteiger partial charge in [0, 0.05) is 13.1 Å². The Labute approximate surface area is 154 Å². The summed E-state index contributed by atoms with van der Waals surface area (Å²) in [6.07, 6.45) is -0.627. The molecule has 0 aromatic heterocycles. The van der Waals surface area contributed by atoms with Crippen LogP contribution in [0.5, 0.6) is 0 Å². The molecule has 1 aromatic rings. The van der Waals surface area contributed by atoms with Gasteiger partial charge in [-0.1, -0.05) is 26.0 Å². The Balaban J connectivity index is 1.91. The number of nitrogens with two attached hydrogens (primary N) is 1. The lowest BCUT2D eigenvalue weighted by Gasteiger charge is -2.21. The van der Waals surface area contributed by atoms with Crippen LogP contribution in [0.2, 0.25) is 0 Å². The summed E-state index contributed by atoms with van der Waals surface area (Å²) in [5, 5.41) is 10.2. The lowest BCUT2D eigenvalue weighted by Crippen LogP contribution is -2.43. The molecule has 7 heteroatoms. The molecule has 1 fully saturated rings. The van der Waals surface area contributed by atoms with Gasteiger partial charge in [0.2, 0.25) is 5.91 Å². The lowest BCUT2D eigenvalue weighted by molar-refractivity contribution is -0.132. The van der Waals surface area contributed by atoms with Gasteiger partial charge < -0.3 is 25.2 Å². The van der Waals surface area contributed by atoms with E-state index in [2.05, 4.69) is 0 Å². The number of carbonyl (C=O) groups is 2. The Hall–Kier alpha value is -1.96. The molecule has 0 aliphatic carbocycles. The van der Waals surface area contributed by atoms with E-state index in [0.29, 0.717) is 24.4 Å². The average molecular weight is 364 g/mol. The zero-order valence-corrected chi connectivity index (χ0v) is 15.6. The van der Waals surface area contributed by atoms with Crippen molar-refractivity contribution in [3.63, 3.8) is 0 Å². The molecule has 1 aliphatic heterocycles. The number of amides is 1. The molecule has 1 aromatic carbocycles. The molecule has 1 saturated heterocycles. The number of esters is 1. The topological polar surface area (TPSA) is 102 Å². The number of ether oxygens (including phenoxy) is 2. The van der Waals surface area contributed by atoms with Gasteiger partial charge >= 0.3 is 5.97 Å². The number of rotatable bonds is 7. The zero-order valence-electron chi connectivity index (χ0n) is 15.6. The normalized spacial score (nSPS) is 21.1. The zero-order chi connectivity index (χ0) is 19.3. The Morgan fingerprint density at radius 3 is 2.73 bits per heavy atom. The molecule has 0 spiro atoms. The summed E-state index contributed by atoms with van der Waals surface area (Å²) in [6, 6.07) is 6.37. The molecule has 1 aliphatic rings. The van der Waals surface area contributed by atoms with Crippen LogP contribution < -0.4 is 5.73 Å². The molecule has 3 N–H and O–H groups in total. The van der Waals surface area contributed by atoms with Crippen LogP contribution >= 0.6 is 0 Å². The molecule has 0 bridgehead atoms. The van der Waals surface area contributed by atoms with Crippen molar-refractivity contribution in [2.24, 2.45) is 11.7 Å². The van der Waals surface area contributed by atoms with Crippen LogP contribution in [0.4, 0.5) is 0 Å². The highest BCUT2D eigenvalue weighted by Gasteiger charge is 2.36. The number of likely N-dealkylation sites (tertiary alicyclic amines) is 1. The van der Waals surface area contributed by atoms with Gasteiger partial charge in [0.25, 0.3) is 0 Å². The Morgan fingerprint density at radius 2 is 2.08 bits per heavy atom. The monoisotopic (exact) mass is 364 g/mol. The summed E-state index contributed by atoms with van der Waals surface area (Å²) >= 11 is 0. The predicted molar refractivity (Wildman–Crippen MR) is 96.4 cm³/mol. The molecule has 7 nitrogen and oxygen atoms in total. The molecule has 1 heterocycles. The van der Waals surface area contributed by atoms with E-state index in [0.717, 1.165) is 5.56 Å². The minimum absolute atomic E-state index is 0.156. The Bertz CT molecular complexity index is 634. The third kappa shape index (κ3) is 5.27. The molecule has 26 heavy (non-hydrogen) atoms. The van der Waals surface area contributed by atoms with Gasteiger partial charge in [-0.2, -0.15) is 0 Å². The fraction of sp³-hybridized carbons (Fsp3) is 0.579. The Kier molecular flexibility index (Phi) is 7.14. The number of benzene rings is 1. The van der Waals surface area contributed by atoms with Crippen LogP contribution in [-0.2, 0) is 20.9 Å². The molecule has 144 valence electrons. The number of hydrogen-bond donors (Lipinski definition) is 2. The first-order chi connectivity index (χ1) is 12.3. The smallest absolute Gasteiger partial charge is 0.337 e. The van der Waals surface area contributed by atoms with E-state index in [4.69, 9.17) is 15.2 Å². The van der Waals surface area contributed by atoms with Gasteiger partial charge in [-0.05, 0) is 30.0 Å². The molecule has 2 unspecified atom stereocenters. The van der Waals surface area contributed by atoms with Gasteiger partial charge in [0.15, 0.2) is 0 Å². The van der Waals surface area contributed by atoms with Crippen molar-refractivity contribution in [2.45, 2.75) is 45.1 Å². The summed E-state index contributed by atoms with van der Waals surface area (Å²) < 4.78 is 10.5. The maximum atomic E-state index is 12.4. The third-order valence-electron chi connectivity index (χ3n) is 4.40. The van der Waals surface area contributed by atoms with Crippen molar-refractivity contribution in [1.82, 2.24) is 4.90 Å².